The molecule has 0 amide bonds. The van der Waals surface area contributed by atoms with Crippen LogP contribution in [0.25, 0.3) is 0 Å². The Labute approximate surface area is 80.2 Å². The monoisotopic (exact) mass is 212 g/mol. The molecule has 0 aromatic heterocycles. The Bertz CT molecular complexity index is 109. The number of rotatable bonds is 6. The van der Waals surface area contributed by atoms with Crippen molar-refractivity contribution in [3.63, 3.8) is 0 Å². The van der Waals surface area contributed by atoms with Crippen molar-refractivity contribution in [2.24, 2.45) is 5.73 Å². The van der Waals surface area contributed by atoms with E-state index in [1.54, 1.807) is 6.92 Å². The van der Waals surface area contributed by atoms with E-state index in [4.69, 9.17) is 15.4 Å². The van der Waals surface area contributed by atoms with Gasteiger partial charge in [-0.1, -0.05) is 0 Å². The van der Waals surface area contributed by atoms with Gasteiger partial charge >= 0.3 is 8.25 Å². The third kappa shape index (κ3) is 24.5. The summed E-state index contributed by atoms with van der Waals surface area (Å²) in [5.74, 6) is 0. The fourth-order valence-corrected chi connectivity index (χ4v) is 0.661. The Morgan fingerprint density at radius 2 is 2.00 bits per heavy atom. The third-order valence-electron chi connectivity index (χ3n) is 0.936. The first-order valence-electron chi connectivity index (χ1n) is 4.25. The zero-order valence-corrected chi connectivity index (χ0v) is 9.13. The predicted octanol–water partition coefficient (Wildman–Crippen LogP) is 1.04. The Kier molecular flexibility index (Phi) is 17.1. The van der Waals surface area contributed by atoms with Gasteiger partial charge < -0.3 is 10.5 Å². The summed E-state index contributed by atoms with van der Waals surface area (Å²) >= 11 is 0. The van der Waals surface area contributed by atoms with Crippen LogP contribution < -0.4 is 5.73 Å². The van der Waals surface area contributed by atoms with Crippen molar-refractivity contribution in [1.29, 1.82) is 0 Å². The molecule has 0 saturated carbocycles. The van der Waals surface area contributed by atoms with E-state index in [1.807, 2.05) is 6.92 Å². The fraction of sp³-hybridized carbons (Fsp3) is 1.00. The first-order valence-corrected chi connectivity index (χ1v) is 5.38. The smallest absolute Gasteiger partial charge is 0.382 e. The van der Waals surface area contributed by atoms with Gasteiger partial charge in [0.05, 0.1) is 0 Å². The summed E-state index contributed by atoms with van der Waals surface area (Å²) in [5, 5.41) is 0. The van der Waals surface area contributed by atoms with Crippen molar-refractivity contribution in [1.82, 2.24) is 0 Å². The standard InChI is InChI=1S/C5H13NO.C2H5O3P/c1-2-7-5-3-4-6;1-2-5-6(3)4/h2-6H2,1H3;2H2,1H3/p+1. The van der Waals surface area contributed by atoms with E-state index < -0.39 is 8.25 Å². The molecule has 0 saturated heterocycles. The Balaban J connectivity index is 0. The second-order valence-corrected chi connectivity index (χ2v) is 2.73. The number of hydrogen-bond acceptors (Lipinski definition) is 4. The summed E-state index contributed by atoms with van der Waals surface area (Å²) in [7, 11) is -2.35. The molecule has 13 heavy (non-hydrogen) atoms. The Hall–Kier alpha value is -0.0600. The van der Waals surface area contributed by atoms with E-state index in [0.717, 1.165) is 26.2 Å². The Morgan fingerprint density at radius 1 is 1.38 bits per heavy atom. The number of hydrogen-bond donors (Lipinski definition) is 2. The minimum Gasteiger partial charge on any atom is -0.382 e. The van der Waals surface area contributed by atoms with Gasteiger partial charge in [0.15, 0.2) is 0 Å². The molecule has 0 aromatic carbocycles. The van der Waals surface area contributed by atoms with Gasteiger partial charge in [-0.15, -0.1) is 9.42 Å². The van der Waals surface area contributed by atoms with Gasteiger partial charge in [-0.2, -0.15) is 0 Å². The van der Waals surface area contributed by atoms with Crippen LogP contribution >= 0.6 is 8.25 Å². The fourth-order valence-electron chi connectivity index (χ4n) is 0.440. The zero-order chi connectivity index (χ0) is 10.5. The van der Waals surface area contributed by atoms with Crippen LogP contribution in [0, 0.1) is 0 Å². The van der Waals surface area contributed by atoms with Gasteiger partial charge in [0.1, 0.15) is 6.61 Å². The average Bonchev–Trinajstić information content (AvgIpc) is 2.06. The largest absolute Gasteiger partial charge is 0.694 e. The van der Waals surface area contributed by atoms with Gasteiger partial charge in [-0.25, -0.2) is 0 Å². The second kappa shape index (κ2) is 14.5. The van der Waals surface area contributed by atoms with E-state index >= 15 is 0 Å². The maximum Gasteiger partial charge on any atom is 0.694 e. The number of nitrogens with two attached hydrogens (primary N) is 1. The van der Waals surface area contributed by atoms with Gasteiger partial charge in [0, 0.05) is 17.8 Å². The highest BCUT2D eigenvalue weighted by atomic mass is 31.1. The molecule has 0 aliphatic rings. The topological polar surface area (TPSA) is 81.8 Å². The molecule has 0 fully saturated rings. The molecule has 0 aliphatic heterocycles. The van der Waals surface area contributed by atoms with Crippen LogP contribution in [0.15, 0.2) is 0 Å². The van der Waals surface area contributed by atoms with E-state index in [2.05, 4.69) is 4.52 Å². The molecular formula is C7H19NO4P+. The van der Waals surface area contributed by atoms with Crippen LogP contribution in [-0.4, -0.2) is 31.3 Å². The minimum absolute atomic E-state index is 0.297. The molecule has 1 atom stereocenters. The quantitative estimate of drug-likeness (QED) is 0.508. The van der Waals surface area contributed by atoms with Crippen molar-refractivity contribution in [3.05, 3.63) is 0 Å². The molecule has 5 nitrogen and oxygen atoms in total. The van der Waals surface area contributed by atoms with Crippen molar-refractivity contribution in [2.45, 2.75) is 20.3 Å². The normalized spacial score (nSPS) is 10.3. The minimum atomic E-state index is -2.35. The molecule has 0 heterocycles. The first kappa shape index (κ1) is 15.4. The predicted molar refractivity (Wildman–Crippen MR) is 51.6 cm³/mol. The summed E-state index contributed by atoms with van der Waals surface area (Å²) in [6.07, 6.45) is 0.980. The molecule has 0 spiro atoms. The lowest BCUT2D eigenvalue weighted by molar-refractivity contribution is 0.146. The maximum absolute atomic E-state index is 9.53. The molecule has 3 N–H and O–H groups in total. The average molecular weight is 212 g/mol. The lowest BCUT2D eigenvalue weighted by Crippen LogP contribution is -2.03. The maximum atomic E-state index is 9.53. The highest BCUT2D eigenvalue weighted by molar-refractivity contribution is 7.32. The molecule has 0 radical (unpaired) electrons. The molecule has 6 heteroatoms. The van der Waals surface area contributed by atoms with Gasteiger partial charge in [-0.05, 0) is 26.8 Å². The SMILES string of the molecule is CCOCCCN.CCO[P+](=O)O. The van der Waals surface area contributed by atoms with Crippen LogP contribution in [-0.2, 0) is 13.8 Å². The van der Waals surface area contributed by atoms with Gasteiger partial charge in [-0.3, -0.25) is 0 Å². The summed E-state index contributed by atoms with van der Waals surface area (Å²) < 4.78 is 18.6. The van der Waals surface area contributed by atoms with Crippen molar-refractivity contribution < 1.29 is 18.7 Å². The van der Waals surface area contributed by atoms with E-state index in [0.29, 0.717) is 6.61 Å². The van der Waals surface area contributed by atoms with E-state index in [9.17, 15) is 4.57 Å². The van der Waals surface area contributed by atoms with Crippen molar-refractivity contribution in [2.75, 3.05) is 26.4 Å². The van der Waals surface area contributed by atoms with Crippen LogP contribution in [0.2, 0.25) is 0 Å². The highest BCUT2D eigenvalue weighted by Crippen LogP contribution is 2.12. The summed E-state index contributed by atoms with van der Waals surface area (Å²) in [6, 6.07) is 0. The van der Waals surface area contributed by atoms with Gasteiger partial charge in [0.2, 0.25) is 0 Å². The summed E-state index contributed by atoms with van der Waals surface area (Å²) in [4.78, 5) is 7.84. The molecule has 0 bridgehead atoms. The van der Waals surface area contributed by atoms with E-state index in [-0.39, 0.29) is 0 Å². The van der Waals surface area contributed by atoms with Crippen LogP contribution in [0.4, 0.5) is 0 Å². The Morgan fingerprint density at radius 3 is 2.23 bits per heavy atom. The second-order valence-electron chi connectivity index (χ2n) is 1.99. The molecule has 80 valence electrons. The lowest BCUT2D eigenvalue weighted by atomic mass is 10.5. The highest BCUT2D eigenvalue weighted by Gasteiger charge is 2.06. The number of ether oxygens (including phenoxy) is 1. The molecule has 0 aliphatic carbocycles. The van der Waals surface area contributed by atoms with Crippen LogP contribution in [0.5, 0.6) is 0 Å². The van der Waals surface area contributed by atoms with Gasteiger partial charge in [0.25, 0.3) is 0 Å². The third-order valence-corrected chi connectivity index (χ3v) is 1.42. The summed E-state index contributed by atoms with van der Waals surface area (Å²) in [6.45, 7) is 6.29. The zero-order valence-electron chi connectivity index (χ0n) is 8.23. The molecule has 0 rings (SSSR count). The summed E-state index contributed by atoms with van der Waals surface area (Å²) in [5.41, 5.74) is 5.19. The first-order chi connectivity index (χ1) is 6.18. The van der Waals surface area contributed by atoms with Crippen molar-refractivity contribution in [3.8, 4) is 0 Å². The van der Waals surface area contributed by atoms with Crippen LogP contribution in [0.3, 0.4) is 0 Å². The van der Waals surface area contributed by atoms with E-state index in [1.165, 1.54) is 0 Å². The van der Waals surface area contributed by atoms with Crippen LogP contribution in [0.1, 0.15) is 20.3 Å². The molecule has 0 aromatic rings. The van der Waals surface area contributed by atoms with Crippen molar-refractivity contribution >= 4 is 8.25 Å². The lowest BCUT2D eigenvalue weighted by Gasteiger charge is -1.94. The molecule has 1 unspecified atom stereocenters. The molecular weight excluding hydrogens is 193 g/mol.